The van der Waals surface area contributed by atoms with E-state index in [0.717, 1.165) is 31.6 Å². The fraction of sp³-hybridized carbons (Fsp3) is 0.360. The number of amides is 1. The van der Waals surface area contributed by atoms with Crippen molar-refractivity contribution in [3.8, 4) is 5.75 Å². The van der Waals surface area contributed by atoms with Crippen LogP contribution in [0.2, 0.25) is 0 Å². The Morgan fingerprint density at radius 3 is 2.48 bits per heavy atom. The van der Waals surface area contributed by atoms with Crippen LogP contribution in [0.4, 0.5) is 0 Å². The molecule has 6 nitrogen and oxygen atoms in total. The Bertz CT molecular complexity index is 1150. The van der Waals surface area contributed by atoms with Crippen LogP contribution >= 0.6 is 0 Å². The van der Waals surface area contributed by atoms with Gasteiger partial charge in [0.05, 0.1) is 43.7 Å². The number of methoxy groups -OCH3 is 1. The topological polar surface area (TPSA) is 64.2 Å². The highest BCUT2D eigenvalue weighted by Crippen LogP contribution is 2.41. The van der Waals surface area contributed by atoms with Gasteiger partial charge in [-0.15, -0.1) is 0 Å². The van der Waals surface area contributed by atoms with Crippen molar-refractivity contribution in [1.82, 2.24) is 4.90 Å². The molecule has 31 heavy (non-hydrogen) atoms. The van der Waals surface area contributed by atoms with Crippen molar-refractivity contribution < 1.29 is 18.8 Å². The van der Waals surface area contributed by atoms with Crippen LogP contribution < -0.4 is 15.1 Å². The van der Waals surface area contributed by atoms with E-state index in [1.807, 2.05) is 30.3 Å². The van der Waals surface area contributed by atoms with Crippen molar-refractivity contribution in [1.29, 1.82) is 0 Å². The van der Waals surface area contributed by atoms with E-state index in [4.69, 9.17) is 9.15 Å². The minimum atomic E-state index is -0.522. The van der Waals surface area contributed by atoms with Crippen LogP contribution in [-0.4, -0.2) is 44.1 Å². The highest BCUT2D eigenvalue weighted by Gasteiger charge is 2.43. The van der Waals surface area contributed by atoms with Gasteiger partial charge in [0.2, 0.25) is 5.76 Å². The van der Waals surface area contributed by atoms with Crippen LogP contribution in [0.1, 0.15) is 48.0 Å². The molecule has 0 unspecified atom stereocenters. The van der Waals surface area contributed by atoms with Gasteiger partial charge >= 0.3 is 0 Å². The van der Waals surface area contributed by atoms with Gasteiger partial charge in [-0.25, -0.2) is 0 Å². The number of nitrogens with one attached hydrogen (secondary N) is 1. The molecule has 6 heteroatoms. The number of benzene rings is 2. The summed E-state index contributed by atoms with van der Waals surface area (Å²) in [5, 5.41) is 0.489. The molecule has 1 N–H and O–H groups in total. The number of para-hydroxylation sites is 2. The summed E-state index contributed by atoms with van der Waals surface area (Å²) in [5.74, 6) is 0.568. The first kappa shape index (κ1) is 21.1. The van der Waals surface area contributed by atoms with Crippen LogP contribution in [0.15, 0.2) is 57.7 Å². The molecule has 2 aromatic carbocycles. The Hall–Kier alpha value is -3.12. The molecule has 162 valence electrons. The highest BCUT2D eigenvalue weighted by atomic mass is 16.5. The molecule has 0 aliphatic carbocycles. The first-order valence-corrected chi connectivity index (χ1v) is 10.9. The summed E-state index contributed by atoms with van der Waals surface area (Å²) in [4.78, 5) is 30.2. The van der Waals surface area contributed by atoms with E-state index in [0.29, 0.717) is 28.8 Å². The maximum Gasteiger partial charge on any atom is 0.290 e. The first-order valence-electron chi connectivity index (χ1n) is 10.9. The third-order valence-corrected chi connectivity index (χ3v) is 6.24. The lowest BCUT2D eigenvalue weighted by Crippen LogP contribution is -3.11. The molecular weight excluding hydrogens is 392 g/mol. The van der Waals surface area contributed by atoms with Gasteiger partial charge in [0.1, 0.15) is 11.3 Å². The molecule has 1 atom stereocenters. The van der Waals surface area contributed by atoms with Crippen molar-refractivity contribution >= 4 is 16.9 Å². The number of quaternary nitrogens is 1. The molecule has 0 fully saturated rings. The van der Waals surface area contributed by atoms with Crippen molar-refractivity contribution in [3.05, 3.63) is 75.6 Å². The first-order chi connectivity index (χ1) is 15.1. The van der Waals surface area contributed by atoms with Gasteiger partial charge in [-0.05, 0) is 32.0 Å². The molecule has 3 aromatic rings. The zero-order valence-corrected chi connectivity index (χ0v) is 18.3. The zero-order chi connectivity index (χ0) is 22.0. The highest BCUT2D eigenvalue weighted by molar-refractivity contribution is 5.99. The Balaban J connectivity index is 1.82. The maximum atomic E-state index is 13.5. The van der Waals surface area contributed by atoms with Gasteiger partial charge in [-0.3, -0.25) is 9.59 Å². The Kier molecular flexibility index (Phi) is 6.09. The quantitative estimate of drug-likeness (QED) is 0.607. The fourth-order valence-corrected chi connectivity index (χ4v) is 4.52. The minimum absolute atomic E-state index is 0.148. The standard InChI is InChI=1S/C25H28N2O4/c1-4-26(5-2)15-10-16-27-22(17-11-6-8-13-19(17)30-3)21-23(28)18-12-7-9-14-20(18)31-24(21)25(27)29/h6-9,11-14,22H,4-5,10,15-16H2,1-3H3/p+1/t22-/m1/s1. The molecule has 1 aliphatic heterocycles. The summed E-state index contributed by atoms with van der Waals surface area (Å²) in [6, 6.07) is 14.1. The smallest absolute Gasteiger partial charge is 0.290 e. The van der Waals surface area contributed by atoms with Gasteiger partial charge in [-0.1, -0.05) is 30.3 Å². The van der Waals surface area contributed by atoms with E-state index in [2.05, 4.69) is 13.8 Å². The van der Waals surface area contributed by atoms with E-state index in [1.165, 1.54) is 4.90 Å². The van der Waals surface area contributed by atoms with Crippen LogP contribution in [-0.2, 0) is 0 Å². The van der Waals surface area contributed by atoms with Crippen LogP contribution in [0.25, 0.3) is 11.0 Å². The average Bonchev–Trinajstić information content (AvgIpc) is 3.08. The normalized spacial score (nSPS) is 15.7. The van der Waals surface area contributed by atoms with Crippen LogP contribution in [0.3, 0.4) is 0 Å². The molecule has 1 aromatic heterocycles. The molecule has 1 amide bonds. The lowest BCUT2D eigenvalue weighted by molar-refractivity contribution is -0.896. The van der Waals surface area contributed by atoms with Crippen molar-refractivity contribution in [2.45, 2.75) is 26.3 Å². The predicted octanol–water partition coefficient (Wildman–Crippen LogP) is 2.66. The number of carbonyl (C=O) groups is 1. The molecule has 2 heterocycles. The average molecular weight is 422 g/mol. The molecule has 0 saturated carbocycles. The molecular formula is C25H29N2O4+. The van der Waals surface area contributed by atoms with E-state index < -0.39 is 6.04 Å². The van der Waals surface area contributed by atoms with Crippen LogP contribution in [0.5, 0.6) is 5.75 Å². The van der Waals surface area contributed by atoms with Gasteiger partial charge in [0, 0.05) is 18.5 Å². The van der Waals surface area contributed by atoms with Crippen molar-refractivity contribution in [2.75, 3.05) is 33.3 Å². The van der Waals surface area contributed by atoms with Gasteiger partial charge in [0.25, 0.3) is 5.91 Å². The monoisotopic (exact) mass is 421 g/mol. The summed E-state index contributed by atoms with van der Waals surface area (Å²) in [5.41, 5.74) is 1.49. The lowest BCUT2D eigenvalue weighted by atomic mass is 9.97. The lowest BCUT2D eigenvalue weighted by Gasteiger charge is -2.27. The van der Waals surface area contributed by atoms with E-state index in [9.17, 15) is 9.59 Å². The minimum Gasteiger partial charge on any atom is -0.496 e. The number of fused-ring (bicyclic) bond motifs is 2. The summed E-state index contributed by atoms with van der Waals surface area (Å²) in [7, 11) is 1.60. The van der Waals surface area contributed by atoms with Crippen molar-refractivity contribution in [2.24, 2.45) is 0 Å². The SMILES string of the molecule is CC[NH+](CC)CCCN1C(=O)c2oc3ccccc3c(=O)c2[C@H]1c1ccccc1OC. The van der Waals surface area contributed by atoms with Crippen LogP contribution in [0, 0.1) is 0 Å². The second kappa shape index (κ2) is 8.94. The molecule has 4 rings (SSSR count). The van der Waals surface area contributed by atoms with E-state index >= 15 is 0 Å². The molecule has 0 bridgehead atoms. The third kappa shape index (κ3) is 3.72. The molecule has 0 spiro atoms. The predicted molar refractivity (Wildman–Crippen MR) is 120 cm³/mol. The summed E-state index contributed by atoms with van der Waals surface area (Å²) < 4.78 is 11.6. The molecule has 1 aliphatic rings. The Morgan fingerprint density at radius 1 is 1.03 bits per heavy atom. The van der Waals surface area contributed by atoms with E-state index in [-0.39, 0.29) is 17.1 Å². The van der Waals surface area contributed by atoms with Gasteiger partial charge in [-0.2, -0.15) is 0 Å². The number of hydrogen-bond acceptors (Lipinski definition) is 4. The second-order valence-electron chi connectivity index (χ2n) is 7.87. The summed E-state index contributed by atoms with van der Waals surface area (Å²) in [6.07, 6.45) is 0.843. The molecule has 0 radical (unpaired) electrons. The third-order valence-electron chi connectivity index (χ3n) is 6.24. The zero-order valence-electron chi connectivity index (χ0n) is 18.3. The largest absolute Gasteiger partial charge is 0.496 e. The maximum absolute atomic E-state index is 13.5. The Morgan fingerprint density at radius 2 is 1.74 bits per heavy atom. The Labute approximate surface area is 182 Å². The van der Waals surface area contributed by atoms with E-state index in [1.54, 1.807) is 30.2 Å². The summed E-state index contributed by atoms with van der Waals surface area (Å²) >= 11 is 0. The second-order valence-corrected chi connectivity index (χ2v) is 7.87. The molecule has 0 saturated heterocycles. The van der Waals surface area contributed by atoms with Gasteiger partial charge < -0.3 is 19.0 Å². The summed E-state index contributed by atoms with van der Waals surface area (Å²) in [6.45, 7) is 7.95. The number of hydrogen-bond donors (Lipinski definition) is 1. The fourth-order valence-electron chi connectivity index (χ4n) is 4.52. The number of rotatable bonds is 8. The van der Waals surface area contributed by atoms with Crippen molar-refractivity contribution in [3.63, 3.8) is 0 Å². The van der Waals surface area contributed by atoms with Gasteiger partial charge in [0.15, 0.2) is 5.43 Å². The number of nitrogens with zero attached hydrogens (tertiary/aromatic N) is 1. The number of carbonyl (C=O) groups excluding carboxylic acids is 1. The number of ether oxygens (including phenoxy) is 1.